The zero-order valence-electron chi connectivity index (χ0n) is 10.6. The summed E-state index contributed by atoms with van der Waals surface area (Å²) in [6.07, 6.45) is 1.63. The molecule has 2 rings (SSSR count). The summed E-state index contributed by atoms with van der Waals surface area (Å²) in [5.41, 5.74) is 6.60. The second-order valence-electron chi connectivity index (χ2n) is 4.42. The molecule has 1 aromatic carbocycles. The normalized spacial score (nSPS) is 12.9. The van der Waals surface area contributed by atoms with Crippen molar-refractivity contribution in [1.29, 1.82) is 0 Å². The molecule has 0 saturated carbocycles. The van der Waals surface area contributed by atoms with Crippen molar-refractivity contribution < 1.29 is 8.81 Å². The zero-order valence-corrected chi connectivity index (χ0v) is 11.4. The number of nitrogens with zero attached hydrogens (tertiary/aromatic N) is 1. The Morgan fingerprint density at radius 3 is 2.79 bits per heavy atom. The molecule has 0 saturated heterocycles. The molecule has 0 aliphatic carbocycles. The van der Waals surface area contributed by atoms with Crippen LogP contribution in [-0.4, -0.2) is 18.5 Å². The van der Waals surface area contributed by atoms with Gasteiger partial charge in [0.15, 0.2) is 0 Å². The van der Waals surface area contributed by atoms with Gasteiger partial charge in [-0.05, 0) is 36.9 Å². The average molecular weight is 283 g/mol. The lowest BCUT2D eigenvalue weighted by Gasteiger charge is -2.26. The molecule has 0 aliphatic rings. The van der Waals surface area contributed by atoms with Gasteiger partial charge in [0.1, 0.15) is 11.6 Å². The molecule has 1 atom stereocenters. The molecule has 5 heteroatoms. The summed E-state index contributed by atoms with van der Waals surface area (Å²) in [5.74, 6) is 0.416. The minimum absolute atomic E-state index is 0.0862. The monoisotopic (exact) mass is 282 g/mol. The molecule has 102 valence electrons. The molecule has 3 nitrogen and oxygen atoms in total. The van der Waals surface area contributed by atoms with E-state index < -0.39 is 5.82 Å². The molecule has 0 aliphatic heterocycles. The van der Waals surface area contributed by atoms with E-state index in [1.807, 2.05) is 24.1 Å². The molecule has 2 aromatic rings. The Balaban J connectivity index is 2.16. The minimum atomic E-state index is -0.427. The van der Waals surface area contributed by atoms with E-state index in [-0.39, 0.29) is 11.1 Å². The van der Waals surface area contributed by atoms with Crippen LogP contribution in [-0.2, 0) is 6.54 Å². The highest BCUT2D eigenvalue weighted by Gasteiger charge is 2.17. The fourth-order valence-electron chi connectivity index (χ4n) is 2.05. The first-order chi connectivity index (χ1) is 9.11. The van der Waals surface area contributed by atoms with Crippen LogP contribution < -0.4 is 5.73 Å². The Labute approximate surface area is 116 Å². The van der Waals surface area contributed by atoms with E-state index in [0.29, 0.717) is 13.1 Å². The van der Waals surface area contributed by atoms with Gasteiger partial charge in [-0.3, -0.25) is 4.90 Å². The van der Waals surface area contributed by atoms with E-state index in [0.717, 1.165) is 11.3 Å². The fraction of sp³-hybridized carbons (Fsp3) is 0.286. The van der Waals surface area contributed by atoms with Crippen LogP contribution in [0.2, 0.25) is 5.02 Å². The lowest BCUT2D eigenvalue weighted by atomic mass is 10.1. The zero-order chi connectivity index (χ0) is 13.8. The number of halogens is 2. The van der Waals surface area contributed by atoms with Gasteiger partial charge in [-0.15, -0.1) is 0 Å². The van der Waals surface area contributed by atoms with Crippen molar-refractivity contribution in [3.63, 3.8) is 0 Å². The van der Waals surface area contributed by atoms with E-state index >= 15 is 0 Å². The molecule has 0 amide bonds. The first-order valence-electron chi connectivity index (χ1n) is 5.99. The maximum atomic E-state index is 13.5. The smallest absolute Gasteiger partial charge is 0.142 e. The van der Waals surface area contributed by atoms with Gasteiger partial charge in [0.2, 0.25) is 0 Å². The highest BCUT2D eigenvalue weighted by atomic mass is 35.5. The summed E-state index contributed by atoms with van der Waals surface area (Å²) in [6, 6.07) is 8.42. The van der Waals surface area contributed by atoms with Crippen molar-refractivity contribution >= 4 is 11.6 Å². The van der Waals surface area contributed by atoms with Gasteiger partial charge in [0.05, 0.1) is 17.8 Å². The van der Waals surface area contributed by atoms with Crippen molar-refractivity contribution in [2.75, 3.05) is 13.6 Å². The number of rotatable bonds is 5. The van der Waals surface area contributed by atoms with Crippen LogP contribution in [0.15, 0.2) is 41.0 Å². The van der Waals surface area contributed by atoms with Crippen LogP contribution in [0.1, 0.15) is 17.4 Å². The van der Waals surface area contributed by atoms with Crippen molar-refractivity contribution in [2.45, 2.75) is 12.6 Å². The number of likely N-dealkylation sites (N-methyl/N-ethyl adjacent to an activating group) is 1. The van der Waals surface area contributed by atoms with Crippen molar-refractivity contribution in [1.82, 2.24) is 4.90 Å². The van der Waals surface area contributed by atoms with E-state index in [9.17, 15) is 4.39 Å². The van der Waals surface area contributed by atoms with Gasteiger partial charge < -0.3 is 10.2 Å². The van der Waals surface area contributed by atoms with Gasteiger partial charge in [-0.25, -0.2) is 4.39 Å². The van der Waals surface area contributed by atoms with Gasteiger partial charge in [-0.2, -0.15) is 0 Å². The Hall–Kier alpha value is -1.36. The largest absolute Gasteiger partial charge is 0.468 e. The molecule has 19 heavy (non-hydrogen) atoms. The fourth-order valence-corrected chi connectivity index (χ4v) is 2.17. The maximum Gasteiger partial charge on any atom is 0.142 e. The highest BCUT2D eigenvalue weighted by Crippen LogP contribution is 2.24. The summed E-state index contributed by atoms with van der Waals surface area (Å²) in [4.78, 5) is 2.02. The van der Waals surface area contributed by atoms with E-state index in [1.165, 1.54) is 6.07 Å². The molecule has 1 aromatic heterocycles. The van der Waals surface area contributed by atoms with Gasteiger partial charge in [0, 0.05) is 12.6 Å². The molecule has 0 fully saturated rings. The molecule has 2 N–H and O–H groups in total. The van der Waals surface area contributed by atoms with Crippen molar-refractivity contribution in [3.05, 3.63) is 58.8 Å². The van der Waals surface area contributed by atoms with Crippen LogP contribution in [0.5, 0.6) is 0 Å². The predicted molar refractivity (Wildman–Crippen MR) is 73.4 cm³/mol. The average Bonchev–Trinajstić information content (AvgIpc) is 2.87. The molecular formula is C14H16ClFN2O. The first kappa shape index (κ1) is 14.1. The van der Waals surface area contributed by atoms with Gasteiger partial charge in [0.25, 0.3) is 0 Å². The Morgan fingerprint density at radius 1 is 1.42 bits per heavy atom. The third-order valence-corrected chi connectivity index (χ3v) is 3.38. The third-order valence-electron chi connectivity index (χ3n) is 3.07. The quantitative estimate of drug-likeness (QED) is 0.916. The first-order valence-corrected chi connectivity index (χ1v) is 6.37. The van der Waals surface area contributed by atoms with Crippen LogP contribution in [0, 0.1) is 5.82 Å². The summed E-state index contributed by atoms with van der Waals surface area (Å²) in [5, 5.41) is 0.119. The molecule has 0 bridgehead atoms. The molecule has 0 spiro atoms. The summed E-state index contributed by atoms with van der Waals surface area (Å²) in [6.45, 7) is 0.997. The van der Waals surface area contributed by atoms with Crippen LogP contribution in [0.4, 0.5) is 4.39 Å². The van der Waals surface area contributed by atoms with E-state index in [4.69, 9.17) is 21.8 Å². The van der Waals surface area contributed by atoms with Crippen molar-refractivity contribution in [3.8, 4) is 0 Å². The summed E-state index contributed by atoms with van der Waals surface area (Å²) >= 11 is 5.69. The predicted octanol–water partition coefficient (Wildman–Crippen LogP) is 3.20. The lowest BCUT2D eigenvalue weighted by molar-refractivity contribution is 0.222. The molecule has 1 heterocycles. The second kappa shape index (κ2) is 6.19. The number of hydrogen-bond acceptors (Lipinski definition) is 3. The van der Waals surface area contributed by atoms with Gasteiger partial charge in [-0.1, -0.05) is 17.7 Å². The Kier molecular flexibility index (Phi) is 4.58. The van der Waals surface area contributed by atoms with E-state index in [2.05, 4.69) is 0 Å². The topological polar surface area (TPSA) is 42.4 Å². The molecule has 1 unspecified atom stereocenters. The Bertz CT molecular complexity index is 530. The number of furan rings is 1. The third kappa shape index (κ3) is 3.35. The van der Waals surface area contributed by atoms with Crippen LogP contribution >= 0.6 is 11.6 Å². The Morgan fingerprint density at radius 2 is 2.21 bits per heavy atom. The summed E-state index contributed by atoms with van der Waals surface area (Å²) < 4.78 is 18.8. The molecular weight excluding hydrogens is 267 g/mol. The van der Waals surface area contributed by atoms with E-state index in [1.54, 1.807) is 18.4 Å². The minimum Gasteiger partial charge on any atom is -0.468 e. The molecule has 0 radical (unpaired) electrons. The number of hydrogen-bond donors (Lipinski definition) is 1. The van der Waals surface area contributed by atoms with Crippen molar-refractivity contribution in [2.24, 2.45) is 5.73 Å². The number of benzene rings is 1. The number of nitrogens with two attached hydrogens (primary N) is 1. The second-order valence-corrected chi connectivity index (χ2v) is 4.83. The van der Waals surface area contributed by atoms with Gasteiger partial charge >= 0.3 is 0 Å². The van der Waals surface area contributed by atoms with Crippen LogP contribution in [0.3, 0.4) is 0 Å². The van der Waals surface area contributed by atoms with Crippen LogP contribution in [0.25, 0.3) is 0 Å². The maximum absolute atomic E-state index is 13.5. The summed E-state index contributed by atoms with van der Waals surface area (Å²) in [7, 11) is 1.92. The SMILES string of the molecule is CN(Cc1ccco1)C(CN)c1ccc(Cl)c(F)c1. The lowest BCUT2D eigenvalue weighted by Crippen LogP contribution is -2.30. The standard InChI is InChI=1S/C14H16ClFN2O/c1-18(9-11-3-2-6-19-11)14(8-17)10-4-5-12(15)13(16)7-10/h2-7,14H,8-9,17H2,1H3. The highest BCUT2D eigenvalue weighted by molar-refractivity contribution is 6.30.